The summed E-state index contributed by atoms with van der Waals surface area (Å²) in [5.74, 6) is 0.212. The van der Waals surface area contributed by atoms with Gasteiger partial charge in [-0.25, -0.2) is 0 Å². The molecule has 0 saturated heterocycles. The van der Waals surface area contributed by atoms with Crippen molar-refractivity contribution in [3.8, 4) is 0 Å². The summed E-state index contributed by atoms with van der Waals surface area (Å²) in [5.41, 5.74) is 2.95. The highest BCUT2D eigenvalue weighted by atomic mass is 32.2. The predicted octanol–water partition coefficient (Wildman–Crippen LogP) is 3.74. The predicted molar refractivity (Wildman–Crippen MR) is 108 cm³/mol. The van der Waals surface area contributed by atoms with E-state index in [1.807, 2.05) is 65.9 Å². The fourth-order valence-electron chi connectivity index (χ4n) is 2.62. The second-order valence-electron chi connectivity index (χ2n) is 5.95. The summed E-state index contributed by atoms with van der Waals surface area (Å²) >= 11 is 2.98. The summed E-state index contributed by atoms with van der Waals surface area (Å²) in [4.78, 5) is 15.1. The van der Waals surface area contributed by atoms with Crippen molar-refractivity contribution >= 4 is 55.6 Å². The Balaban J connectivity index is 1.45. The van der Waals surface area contributed by atoms with E-state index in [0.29, 0.717) is 0 Å². The molecule has 132 valence electrons. The molecule has 1 amide bonds. The number of para-hydroxylation sites is 1. The van der Waals surface area contributed by atoms with E-state index in [9.17, 15) is 4.79 Å². The molecule has 0 aliphatic heterocycles. The number of carbonyl (C=O) groups is 1. The number of hydrogen-bond acceptors (Lipinski definition) is 6. The van der Waals surface area contributed by atoms with Crippen LogP contribution in [-0.4, -0.2) is 40.4 Å². The molecule has 1 N–H and O–H groups in total. The maximum absolute atomic E-state index is 12.3. The van der Waals surface area contributed by atoms with Crippen LogP contribution in [-0.2, 0) is 4.79 Å². The topological polar surface area (TPSA) is 62.5 Å². The molecule has 0 saturated carbocycles. The third-order valence-corrected chi connectivity index (χ3v) is 5.85. The van der Waals surface area contributed by atoms with Crippen LogP contribution >= 0.6 is 23.1 Å². The highest BCUT2D eigenvalue weighted by Crippen LogP contribution is 2.29. The Morgan fingerprint density at radius 1 is 1.15 bits per heavy atom. The number of amides is 1. The molecule has 0 aliphatic rings. The van der Waals surface area contributed by atoms with Gasteiger partial charge in [0.05, 0.1) is 16.0 Å². The Hall–Kier alpha value is -2.58. The van der Waals surface area contributed by atoms with Gasteiger partial charge >= 0.3 is 0 Å². The molecule has 6 nitrogen and oxygen atoms in total. The largest absolute Gasteiger partial charge is 0.378 e. The summed E-state index contributed by atoms with van der Waals surface area (Å²) in [5, 5.41) is 12.1. The number of anilines is 2. The van der Waals surface area contributed by atoms with Crippen molar-refractivity contribution in [3.63, 3.8) is 0 Å². The molecule has 0 fully saturated rings. The molecule has 2 aromatic carbocycles. The lowest BCUT2D eigenvalue weighted by molar-refractivity contribution is -0.113. The number of thiazole rings is 1. The van der Waals surface area contributed by atoms with Gasteiger partial charge < -0.3 is 10.2 Å². The summed E-state index contributed by atoms with van der Waals surface area (Å²) in [6, 6.07) is 15.9. The van der Waals surface area contributed by atoms with Crippen LogP contribution in [0.2, 0.25) is 0 Å². The third-order valence-electron chi connectivity index (χ3n) is 3.91. The van der Waals surface area contributed by atoms with Gasteiger partial charge in [0.1, 0.15) is 0 Å². The molecule has 2 heterocycles. The zero-order valence-corrected chi connectivity index (χ0v) is 16.0. The second kappa shape index (κ2) is 6.97. The molecule has 2 aromatic heterocycles. The number of nitrogens with zero attached hydrogens (tertiary/aromatic N) is 4. The van der Waals surface area contributed by atoms with Gasteiger partial charge in [0.2, 0.25) is 10.9 Å². The average Bonchev–Trinajstić information content (AvgIpc) is 3.19. The fourth-order valence-corrected chi connectivity index (χ4v) is 4.39. The van der Waals surface area contributed by atoms with Crippen LogP contribution in [0.15, 0.2) is 53.7 Å². The van der Waals surface area contributed by atoms with Gasteiger partial charge in [-0.1, -0.05) is 35.2 Å². The number of thioether (sulfide) groups is 1. The van der Waals surface area contributed by atoms with Crippen LogP contribution < -0.4 is 10.2 Å². The fraction of sp³-hybridized carbons (Fsp3) is 0.167. The van der Waals surface area contributed by atoms with E-state index in [4.69, 9.17) is 0 Å². The van der Waals surface area contributed by atoms with Gasteiger partial charge in [-0.15, -0.1) is 10.2 Å². The monoisotopic (exact) mass is 383 g/mol. The first-order valence-corrected chi connectivity index (χ1v) is 9.85. The van der Waals surface area contributed by atoms with Gasteiger partial charge in [-0.3, -0.25) is 9.20 Å². The number of fused-ring (bicyclic) bond motifs is 3. The van der Waals surface area contributed by atoms with Crippen molar-refractivity contribution in [1.29, 1.82) is 0 Å². The Labute approximate surface area is 158 Å². The molecule has 4 aromatic rings. The van der Waals surface area contributed by atoms with Crippen LogP contribution in [0.3, 0.4) is 0 Å². The Kier molecular flexibility index (Phi) is 4.52. The smallest absolute Gasteiger partial charge is 0.234 e. The lowest BCUT2D eigenvalue weighted by Crippen LogP contribution is -2.14. The summed E-state index contributed by atoms with van der Waals surface area (Å²) in [6.45, 7) is 0. The van der Waals surface area contributed by atoms with Gasteiger partial charge in [-0.2, -0.15) is 0 Å². The number of nitrogens with one attached hydrogen (secondary N) is 1. The van der Waals surface area contributed by atoms with Gasteiger partial charge in [0, 0.05) is 25.5 Å². The first kappa shape index (κ1) is 16.9. The van der Waals surface area contributed by atoms with E-state index in [2.05, 4.69) is 21.6 Å². The van der Waals surface area contributed by atoms with Crippen LogP contribution in [0.4, 0.5) is 11.4 Å². The molecule has 4 rings (SSSR count). The summed E-state index contributed by atoms with van der Waals surface area (Å²) < 4.78 is 3.16. The standard InChI is InChI=1S/C18H17N5OS2/c1-22(2)13-9-7-12(8-10-13)19-16(24)11-25-17-20-21-18-23(17)14-5-3-4-6-15(14)26-18/h3-10H,11H2,1-2H3,(H,19,24). The third kappa shape index (κ3) is 3.25. The first-order chi connectivity index (χ1) is 12.6. The maximum atomic E-state index is 12.3. The number of hydrogen-bond donors (Lipinski definition) is 1. The van der Waals surface area contributed by atoms with Gasteiger partial charge in [-0.05, 0) is 36.4 Å². The van der Waals surface area contributed by atoms with Crippen molar-refractivity contribution < 1.29 is 4.79 Å². The zero-order chi connectivity index (χ0) is 18.1. The summed E-state index contributed by atoms with van der Waals surface area (Å²) in [7, 11) is 3.97. The molecule has 0 radical (unpaired) electrons. The minimum absolute atomic E-state index is 0.0658. The lowest BCUT2D eigenvalue weighted by atomic mass is 10.2. The molecule has 0 unspecified atom stereocenters. The van der Waals surface area contributed by atoms with Crippen molar-refractivity contribution in [3.05, 3.63) is 48.5 Å². The second-order valence-corrected chi connectivity index (χ2v) is 7.90. The summed E-state index contributed by atoms with van der Waals surface area (Å²) in [6.07, 6.45) is 0. The van der Waals surface area contributed by atoms with Crippen molar-refractivity contribution in [2.45, 2.75) is 5.16 Å². The van der Waals surface area contributed by atoms with Crippen molar-refractivity contribution in [2.24, 2.45) is 0 Å². The first-order valence-electron chi connectivity index (χ1n) is 8.04. The zero-order valence-electron chi connectivity index (χ0n) is 14.3. The Morgan fingerprint density at radius 2 is 1.92 bits per heavy atom. The van der Waals surface area contributed by atoms with E-state index in [-0.39, 0.29) is 11.7 Å². The minimum atomic E-state index is -0.0658. The Morgan fingerprint density at radius 3 is 2.69 bits per heavy atom. The number of aromatic nitrogens is 3. The maximum Gasteiger partial charge on any atom is 0.234 e. The highest BCUT2D eigenvalue weighted by Gasteiger charge is 2.14. The van der Waals surface area contributed by atoms with Gasteiger partial charge in [0.25, 0.3) is 0 Å². The molecule has 26 heavy (non-hydrogen) atoms. The van der Waals surface area contributed by atoms with E-state index in [0.717, 1.165) is 31.7 Å². The SMILES string of the molecule is CN(C)c1ccc(NC(=O)CSc2nnc3sc4ccccc4n23)cc1. The van der Waals surface area contributed by atoms with Crippen molar-refractivity contribution in [2.75, 3.05) is 30.1 Å². The normalized spacial score (nSPS) is 11.2. The molecule has 0 bridgehead atoms. The molecule has 0 aliphatic carbocycles. The minimum Gasteiger partial charge on any atom is -0.378 e. The van der Waals surface area contributed by atoms with E-state index >= 15 is 0 Å². The Bertz CT molecular complexity index is 1070. The molecular weight excluding hydrogens is 366 g/mol. The van der Waals surface area contributed by atoms with E-state index in [1.54, 1.807) is 11.3 Å². The van der Waals surface area contributed by atoms with E-state index < -0.39 is 0 Å². The van der Waals surface area contributed by atoms with E-state index in [1.165, 1.54) is 11.8 Å². The quantitative estimate of drug-likeness (QED) is 0.532. The number of rotatable bonds is 5. The van der Waals surface area contributed by atoms with Crippen LogP contribution in [0.5, 0.6) is 0 Å². The molecular formula is C18H17N5OS2. The van der Waals surface area contributed by atoms with Crippen LogP contribution in [0, 0.1) is 0 Å². The van der Waals surface area contributed by atoms with Crippen LogP contribution in [0.1, 0.15) is 0 Å². The average molecular weight is 384 g/mol. The number of benzene rings is 2. The van der Waals surface area contributed by atoms with Crippen molar-refractivity contribution in [1.82, 2.24) is 14.6 Å². The van der Waals surface area contributed by atoms with Crippen LogP contribution in [0.25, 0.3) is 15.2 Å². The molecule has 8 heteroatoms. The van der Waals surface area contributed by atoms with Gasteiger partial charge in [0.15, 0.2) is 5.16 Å². The molecule has 0 atom stereocenters. The molecule has 0 spiro atoms. The number of carbonyl (C=O) groups excluding carboxylic acids is 1. The highest BCUT2D eigenvalue weighted by molar-refractivity contribution is 7.99. The lowest BCUT2D eigenvalue weighted by Gasteiger charge is -2.12.